The zero-order valence-corrected chi connectivity index (χ0v) is 14.2. The van der Waals surface area contributed by atoms with Gasteiger partial charge in [0.2, 0.25) is 5.91 Å². The summed E-state index contributed by atoms with van der Waals surface area (Å²) in [7, 11) is 0. The van der Waals surface area contributed by atoms with Crippen molar-refractivity contribution in [2.45, 2.75) is 52.9 Å². The van der Waals surface area contributed by atoms with Gasteiger partial charge in [-0.3, -0.25) is 4.79 Å². The number of nitrogens with one attached hydrogen (secondary N) is 1. The normalized spacial score (nSPS) is 24.0. The van der Waals surface area contributed by atoms with Gasteiger partial charge in [-0.15, -0.1) is 0 Å². The van der Waals surface area contributed by atoms with E-state index in [1.807, 2.05) is 24.3 Å². The second kappa shape index (κ2) is 7.17. The summed E-state index contributed by atoms with van der Waals surface area (Å²) in [5.41, 5.74) is 8.04. The molecule has 0 spiro atoms. The molecule has 122 valence electrons. The number of carbonyl (C=O) groups is 1. The molecule has 2 rings (SSSR count). The molecule has 1 amide bonds. The third-order valence-corrected chi connectivity index (χ3v) is 4.67. The predicted octanol–water partition coefficient (Wildman–Crippen LogP) is 3.78. The summed E-state index contributed by atoms with van der Waals surface area (Å²) < 4.78 is 0. The van der Waals surface area contributed by atoms with Crippen LogP contribution in [0.2, 0.25) is 0 Å². The molecule has 1 aromatic rings. The zero-order chi connectivity index (χ0) is 16.2. The molecule has 3 nitrogen and oxygen atoms in total. The van der Waals surface area contributed by atoms with E-state index in [0.717, 1.165) is 18.0 Å². The summed E-state index contributed by atoms with van der Waals surface area (Å²) in [6.45, 7) is 7.67. The van der Waals surface area contributed by atoms with Crippen molar-refractivity contribution in [2.24, 2.45) is 17.3 Å². The van der Waals surface area contributed by atoms with E-state index in [1.54, 1.807) is 0 Å². The Kier molecular flexibility index (Phi) is 5.49. The average molecular weight is 302 g/mol. The first-order valence-electron chi connectivity index (χ1n) is 8.45. The first-order chi connectivity index (χ1) is 10.3. The summed E-state index contributed by atoms with van der Waals surface area (Å²) in [6, 6.07) is 7.85. The van der Waals surface area contributed by atoms with Crippen LogP contribution in [-0.2, 0) is 11.2 Å². The first-order valence-corrected chi connectivity index (χ1v) is 8.45. The Morgan fingerprint density at radius 3 is 2.59 bits per heavy atom. The smallest absolute Gasteiger partial charge is 0.220 e. The number of carbonyl (C=O) groups excluding carboxylic acids is 1. The van der Waals surface area contributed by atoms with Gasteiger partial charge in [-0.1, -0.05) is 32.9 Å². The highest BCUT2D eigenvalue weighted by molar-refractivity contribution is 5.76. The molecule has 3 N–H and O–H groups in total. The number of nitrogens with two attached hydrogens (primary N) is 1. The maximum absolute atomic E-state index is 12.1. The number of benzene rings is 1. The topological polar surface area (TPSA) is 55.1 Å². The van der Waals surface area contributed by atoms with Crippen LogP contribution < -0.4 is 11.1 Å². The van der Waals surface area contributed by atoms with Crippen LogP contribution in [0.25, 0.3) is 0 Å². The Morgan fingerprint density at radius 2 is 1.95 bits per heavy atom. The SMILES string of the molecule is CC1CC(CC(=O)NCCc2ccc(N)cc2)CC(C)(C)C1. The van der Waals surface area contributed by atoms with Gasteiger partial charge in [-0.05, 0) is 60.6 Å². The summed E-state index contributed by atoms with van der Waals surface area (Å²) in [5.74, 6) is 1.47. The third-order valence-electron chi connectivity index (χ3n) is 4.67. The molecule has 0 heterocycles. The molecule has 2 unspecified atom stereocenters. The van der Waals surface area contributed by atoms with Crippen molar-refractivity contribution in [2.75, 3.05) is 12.3 Å². The van der Waals surface area contributed by atoms with E-state index in [9.17, 15) is 4.79 Å². The lowest BCUT2D eigenvalue weighted by atomic mass is 9.67. The predicted molar refractivity (Wildman–Crippen MR) is 92.5 cm³/mol. The maximum atomic E-state index is 12.1. The van der Waals surface area contributed by atoms with Gasteiger partial charge >= 0.3 is 0 Å². The van der Waals surface area contributed by atoms with Crippen LogP contribution in [-0.4, -0.2) is 12.5 Å². The van der Waals surface area contributed by atoms with E-state index in [1.165, 1.54) is 24.8 Å². The Hall–Kier alpha value is -1.51. The standard InChI is InChI=1S/C19H30N2O/c1-14-10-16(13-19(2,3)12-14)11-18(22)21-9-8-15-4-6-17(20)7-5-15/h4-7,14,16H,8-13,20H2,1-3H3,(H,21,22). The van der Waals surface area contributed by atoms with E-state index in [-0.39, 0.29) is 5.91 Å². The van der Waals surface area contributed by atoms with E-state index in [2.05, 4.69) is 26.1 Å². The highest BCUT2D eigenvalue weighted by Crippen LogP contribution is 2.42. The number of hydrogen-bond donors (Lipinski definition) is 2. The molecule has 22 heavy (non-hydrogen) atoms. The van der Waals surface area contributed by atoms with Gasteiger partial charge in [0.15, 0.2) is 0 Å². The molecule has 0 radical (unpaired) electrons. The van der Waals surface area contributed by atoms with Crippen LogP contribution in [0.5, 0.6) is 0 Å². The van der Waals surface area contributed by atoms with Crippen LogP contribution >= 0.6 is 0 Å². The van der Waals surface area contributed by atoms with Crippen LogP contribution in [0.15, 0.2) is 24.3 Å². The average Bonchev–Trinajstić information content (AvgIpc) is 2.38. The molecule has 1 saturated carbocycles. The number of nitrogen functional groups attached to an aromatic ring is 1. The minimum atomic E-state index is 0.199. The van der Waals surface area contributed by atoms with Gasteiger partial charge in [-0.2, -0.15) is 0 Å². The fraction of sp³-hybridized carbons (Fsp3) is 0.632. The second-order valence-corrected chi connectivity index (χ2v) is 7.83. The van der Waals surface area contributed by atoms with Crippen molar-refractivity contribution in [1.82, 2.24) is 5.32 Å². The minimum absolute atomic E-state index is 0.199. The Bertz CT molecular complexity index is 493. The van der Waals surface area contributed by atoms with E-state index in [0.29, 0.717) is 24.3 Å². The maximum Gasteiger partial charge on any atom is 0.220 e. The fourth-order valence-electron chi connectivity index (χ4n) is 4.06. The van der Waals surface area contributed by atoms with Crippen LogP contribution in [0.1, 0.15) is 52.0 Å². The quantitative estimate of drug-likeness (QED) is 0.813. The molecule has 1 aromatic carbocycles. The van der Waals surface area contributed by atoms with E-state index < -0.39 is 0 Å². The minimum Gasteiger partial charge on any atom is -0.399 e. The van der Waals surface area contributed by atoms with Crippen LogP contribution in [0.3, 0.4) is 0 Å². The highest BCUT2D eigenvalue weighted by atomic mass is 16.1. The number of hydrogen-bond acceptors (Lipinski definition) is 2. The monoisotopic (exact) mass is 302 g/mol. The van der Waals surface area contributed by atoms with Gasteiger partial charge in [-0.25, -0.2) is 0 Å². The van der Waals surface area contributed by atoms with Crippen LogP contribution in [0.4, 0.5) is 5.69 Å². The molecule has 2 atom stereocenters. The number of anilines is 1. The summed E-state index contributed by atoms with van der Waals surface area (Å²) in [5, 5.41) is 3.07. The van der Waals surface area contributed by atoms with Crippen molar-refractivity contribution in [3.63, 3.8) is 0 Å². The lowest BCUT2D eigenvalue weighted by Crippen LogP contribution is -2.33. The van der Waals surface area contributed by atoms with E-state index in [4.69, 9.17) is 5.73 Å². The van der Waals surface area contributed by atoms with Crippen molar-refractivity contribution >= 4 is 11.6 Å². The van der Waals surface area contributed by atoms with Crippen molar-refractivity contribution < 1.29 is 4.79 Å². The summed E-state index contributed by atoms with van der Waals surface area (Å²) >= 11 is 0. The Morgan fingerprint density at radius 1 is 1.27 bits per heavy atom. The molecule has 0 saturated heterocycles. The molecule has 1 fully saturated rings. The van der Waals surface area contributed by atoms with Crippen molar-refractivity contribution in [1.29, 1.82) is 0 Å². The summed E-state index contributed by atoms with van der Waals surface area (Å²) in [6.07, 6.45) is 5.17. The molecule has 1 aliphatic carbocycles. The molecule has 0 aliphatic heterocycles. The lowest BCUT2D eigenvalue weighted by Gasteiger charge is -2.38. The number of rotatable bonds is 5. The van der Waals surface area contributed by atoms with E-state index >= 15 is 0 Å². The first kappa shape index (κ1) is 16.9. The van der Waals surface area contributed by atoms with Gasteiger partial charge in [0.1, 0.15) is 0 Å². The zero-order valence-electron chi connectivity index (χ0n) is 14.2. The molecule has 3 heteroatoms. The van der Waals surface area contributed by atoms with Gasteiger partial charge < -0.3 is 11.1 Å². The highest BCUT2D eigenvalue weighted by Gasteiger charge is 2.32. The largest absolute Gasteiger partial charge is 0.399 e. The number of amides is 1. The molecular weight excluding hydrogens is 272 g/mol. The Balaban J connectivity index is 1.72. The molecular formula is C19H30N2O. The van der Waals surface area contributed by atoms with Crippen molar-refractivity contribution in [3.8, 4) is 0 Å². The summed E-state index contributed by atoms with van der Waals surface area (Å²) in [4.78, 5) is 12.1. The second-order valence-electron chi connectivity index (χ2n) is 7.83. The van der Waals surface area contributed by atoms with Crippen LogP contribution in [0, 0.1) is 17.3 Å². The van der Waals surface area contributed by atoms with Gasteiger partial charge in [0.05, 0.1) is 0 Å². The van der Waals surface area contributed by atoms with Crippen molar-refractivity contribution in [3.05, 3.63) is 29.8 Å². The van der Waals surface area contributed by atoms with Gasteiger partial charge in [0, 0.05) is 18.7 Å². The van der Waals surface area contributed by atoms with Gasteiger partial charge in [0.25, 0.3) is 0 Å². The lowest BCUT2D eigenvalue weighted by molar-refractivity contribution is -0.122. The molecule has 1 aliphatic rings. The fourth-order valence-corrected chi connectivity index (χ4v) is 4.06. The Labute approximate surface area is 134 Å². The third kappa shape index (κ3) is 5.36. The molecule has 0 bridgehead atoms. The molecule has 0 aromatic heterocycles.